The number of piperazine rings is 1. The maximum atomic E-state index is 3.72. The molecule has 114 valence electrons. The number of fused-ring (bicyclic) bond motifs is 1. The molecule has 1 atom stereocenters. The number of hydrogen-bond donors (Lipinski definition) is 1. The Morgan fingerprint density at radius 2 is 2.14 bits per heavy atom. The van der Waals surface area contributed by atoms with Crippen molar-refractivity contribution >= 4 is 21.4 Å². The molecule has 21 heavy (non-hydrogen) atoms. The van der Waals surface area contributed by atoms with Gasteiger partial charge >= 0.3 is 0 Å². The molecule has 0 amide bonds. The van der Waals surface area contributed by atoms with Crippen LogP contribution in [0.2, 0.25) is 0 Å². The Morgan fingerprint density at radius 3 is 2.95 bits per heavy atom. The summed E-state index contributed by atoms with van der Waals surface area (Å²) in [6.45, 7) is 10.3. The SMILES string of the molecule is CCCC1CN(Cc2csc3ccccc23)C(C)(C)CN1. The van der Waals surface area contributed by atoms with Gasteiger partial charge in [0, 0.05) is 35.9 Å². The minimum atomic E-state index is 0.229. The Kier molecular flexibility index (Phi) is 4.34. The van der Waals surface area contributed by atoms with E-state index in [9.17, 15) is 0 Å². The van der Waals surface area contributed by atoms with E-state index >= 15 is 0 Å². The highest BCUT2D eigenvalue weighted by molar-refractivity contribution is 7.17. The second kappa shape index (κ2) is 6.07. The van der Waals surface area contributed by atoms with Crippen molar-refractivity contribution in [3.8, 4) is 0 Å². The van der Waals surface area contributed by atoms with Crippen LogP contribution in [0.5, 0.6) is 0 Å². The zero-order chi connectivity index (χ0) is 14.9. The number of benzene rings is 1. The van der Waals surface area contributed by atoms with Gasteiger partial charge in [0.1, 0.15) is 0 Å². The molecule has 0 bridgehead atoms. The third-order valence-electron chi connectivity index (χ3n) is 4.68. The molecule has 2 nitrogen and oxygen atoms in total. The normalized spacial score (nSPS) is 22.7. The van der Waals surface area contributed by atoms with Crippen LogP contribution in [0.4, 0.5) is 0 Å². The lowest BCUT2D eigenvalue weighted by molar-refractivity contribution is 0.0568. The highest BCUT2D eigenvalue weighted by Crippen LogP contribution is 2.30. The molecular formula is C18H26N2S. The van der Waals surface area contributed by atoms with Gasteiger partial charge in [-0.25, -0.2) is 0 Å². The van der Waals surface area contributed by atoms with Crippen molar-refractivity contribution in [2.45, 2.75) is 51.7 Å². The summed E-state index contributed by atoms with van der Waals surface area (Å²) in [6.07, 6.45) is 2.53. The Morgan fingerprint density at radius 1 is 1.33 bits per heavy atom. The van der Waals surface area contributed by atoms with E-state index in [1.807, 2.05) is 11.3 Å². The quantitative estimate of drug-likeness (QED) is 0.908. The number of hydrogen-bond acceptors (Lipinski definition) is 3. The number of thiophene rings is 1. The molecule has 3 heteroatoms. The molecule has 0 radical (unpaired) electrons. The summed E-state index contributed by atoms with van der Waals surface area (Å²) in [7, 11) is 0. The van der Waals surface area contributed by atoms with Crippen molar-refractivity contribution in [3.05, 3.63) is 35.2 Å². The van der Waals surface area contributed by atoms with Crippen molar-refractivity contribution < 1.29 is 0 Å². The van der Waals surface area contributed by atoms with Gasteiger partial charge in [0.05, 0.1) is 0 Å². The molecule has 2 heterocycles. The Labute approximate surface area is 132 Å². The third-order valence-corrected chi connectivity index (χ3v) is 5.69. The average molecular weight is 302 g/mol. The van der Waals surface area contributed by atoms with E-state index in [4.69, 9.17) is 0 Å². The molecule has 1 aromatic heterocycles. The van der Waals surface area contributed by atoms with Crippen LogP contribution >= 0.6 is 11.3 Å². The first kappa shape index (κ1) is 15.0. The first-order valence-corrected chi connectivity index (χ1v) is 8.91. The lowest BCUT2D eigenvalue weighted by Crippen LogP contribution is -2.61. The van der Waals surface area contributed by atoms with Gasteiger partial charge in [-0.3, -0.25) is 4.90 Å². The Hall–Kier alpha value is -0.900. The first-order chi connectivity index (χ1) is 10.1. The van der Waals surface area contributed by atoms with E-state index in [2.05, 4.69) is 60.6 Å². The first-order valence-electron chi connectivity index (χ1n) is 8.03. The fourth-order valence-corrected chi connectivity index (χ4v) is 4.22. The molecule has 1 N–H and O–H groups in total. The lowest BCUT2D eigenvalue weighted by atomic mass is 9.95. The zero-order valence-corrected chi connectivity index (χ0v) is 14.2. The van der Waals surface area contributed by atoms with Crippen molar-refractivity contribution in [2.24, 2.45) is 0 Å². The van der Waals surface area contributed by atoms with Crippen LogP contribution in [0.1, 0.15) is 39.2 Å². The molecule has 0 saturated carbocycles. The fourth-order valence-electron chi connectivity index (χ4n) is 3.26. The summed E-state index contributed by atoms with van der Waals surface area (Å²) in [4.78, 5) is 2.66. The second-order valence-electron chi connectivity index (χ2n) is 6.82. The van der Waals surface area contributed by atoms with Crippen LogP contribution in [0.3, 0.4) is 0 Å². The van der Waals surface area contributed by atoms with E-state index in [0.29, 0.717) is 6.04 Å². The molecule has 0 spiro atoms. The van der Waals surface area contributed by atoms with Crippen LogP contribution in [-0.2, 0) is 6.54 Å². The maximum Gasteiger partial charge on any atom is 0.0346 e. The topological polar surface area (TPSA) is 15.3 Å². The second-order valence-corrected chi connectivity index (χ2v) is 7.73. The molecule has 1 fully saturated rings. The van der Waals surface area contributed by atoms with E-state index in [0.717, 1.165) is 19.6 Å². The molecule has 1 aliphatic heterocycles. The predicted octanol–water partition coefficient (Wildman–Crippen LogP) is 4.25. The largest absolute Gasteiger partial charge is 0.311 e. The van der Waals surface area contributed by atoms with Crippen LogP contribution in [-0.4, -0.2) is 29.6 Å². The summed E-state index contributed by atoms with van der Waals surface area (Å²) < 4.78 is 1.41. The van der Waals surface area contributed by atoms with Gasteiger partial charge in [-0.2, -0.15) is 0 Å². The van der Waals surface area contributed by atoms with Crippen LogP contribution < -0.4 is 5.32 Å². The van der Waals surface area contributed by atoms with E-state index in [1.54, 1.807) is 0 Å². The molecule has 2 aromatic rings. The summed E-state index contributed by atoms with van der Waals surface area (Å²) >= 11 is 1.87. The third kappa shape index (κ3) is 3.15. The highest BCUT2D eigenvalue weighted by atomic mass is 32.1. The van der Waals surface area contributed by atoms with Crippen molar-refractivity contribution in [3.63, 3.8) is 0 Å². The molecule has 1 aromatic carbocycles. The van der Waals surface area contributed by atoms with Gasteiger partial charge in [0.25, 0.3) is 0 Å². The fraction of sp³-hybridized carbons (Fsp3) is 0.556. The van der Waals surface area contributed by atoms with Crippen LogP contribution in [0.15, 0.2) is 29.6 Å². The number of rotatable bonds is 4. The summed E-state index contributed by atoms with van der Waals surface area (Å²) in [6, 6.07) is 9.43. The van der Waals surface area contributed by atoms with Gasteiger partial charge < -0.3 is 5.32 Å². The van der Waals surface area contributed by atoms with Gasteiger partial charge in [0.2, 0.25) is 0 Å². The standard InChI is InChI=1S/C18H26N2S/c1-4-7-15-11-20(18(2,3)13-19-15)10-14-12-21-17-9-6-5-8-16(14)17/h5-6,8-9,12,15,19H,4,7,10-11,13H2,1-3H3. The Balaban J connectivity index is 1.81. The minimum absolute atomic E-state index is 0.229. The molecule has 0 aliphatic carbocycles. The predicted molar refractivity (Wildman–Crippen MR) is 93.0 cm³/mol. The summed E-state index contributed by atoms with van der Waals surface area (Å²) in [5.41, 5.74) is 1.72. The smallest absolute Gasteiger partial charge is 0.0346 e. The van der Waals surface area contributed by atoms with Gasteiger partial charge in [-0.05, 0) is 42.7 Å². The average Bonchev–Trinajstić information content (AvgIpc) is 2.87. The van der Waals surface area contributed by atoms with Crippen LogP contribution in [0, 0.1) is 0 Å². The van der Waals surface area contributed by atoms with Gasteiger partial charge in [-0.15, -0.1) is 11.3 Å². The maximum absolute atomic E-state index is 3.72. The lowest BCUT2D eigenvalue weighted by Gasteiger charge is -2.46. The van der Waals surface area contributed by atoms with Crippen molar-refractivity contribution in [1.82, 2.24) is 10.2 Å². The molecule has 1 aliphatic rings. The molecular weight excluding hydrogens is 276 g/mol. The monoisotopic (exact) mass is 302 g/mol. The number of nitrogens with zero attached hydrogens (tertiary/aromatic N) is 1. The molecule has 1 unspecified atom stereocenters. The van der Waals surface area contributed by atoms with E-state index < -0.39 is 0 Å². The molecule has 1 saturated heterocycles. The van der Waals surface area contributed by atoms with E-state index in [1.165, 1.54) is 28.5 Å². The van der Waals surface area contributed by atoms with Crippen molar-refractivity contribution in [1.29, 1.82) is 0 Å². The number of nitrogens with one attached hydrogen (secondary N) is 1. The summed E-state index contributed by atoms with van der Waals surface area (Å²) in [5, 5.41) is 7.50. The highest BCUT2D eigenvalue weighted by Gasteiger charge is 2.33. The minimum Gasteiger partial charge on any atom is -0.311 e. The van der Waals surface area contributed by atoms with E-state index in [-0.39, 0.29) is 5.54 Å². The molecule has 3 rings (SSSR count). The Bertz CT molecular complexity index is 602. The van der Waals surface area contributed by atoms with Crippen LogP contribution in [0.25, 0.3) is 10.1 Å². The van der Waals surface area contributed by atoms with Gasteiger partial charge in [0.15, 0.2) is 0 Å². The summed E-state index contributed by atoms with van der Waals surface area (Å²) in [5.74, 6) is 0. The van der Waals surface area contributed by atoms with Gasteiger partial charge in [-0.1, -0.05) is 31.5 Å². The van der Waals surface area contributed by atoms with Crippen molar-refractivity contribution in [2.75, 3.05) is 13.1 Å². The zero-order valence-electron chi connectivity index (χ0n) is 13.4.